The maximum Gasteiger partial charge on any atom is 0.308 e. The summed E-state index contributed by atoms with van der Waals surface area (Å²) in [6.45, 7) is 18.2. The van der Waals surface area contributed by atoms with Crippen molar-refractivity contribution < 1.29 is 49.1 Å². The fourth-order valence-corrected chi connectivity index (χ4v) is 4.90. The normalized spacial score (nSPS) is 9.81. The van der Waals surface area contributed by atoms with Gasteiger partial charge in [-0.25, -0.2) is 0 Å². The van der Waals surface area contributed by atoms with E-state index in [1.807, 2.05) is 48.5 Å². The Hall–Kier alpha value is -4.28. The third-order valence-corrected chi connectivity index (χ3v) is 7.80. The van der Waals surface area contributed by atoms with Crippen LogP contribution in [0.5, 0.6) is 11.5 Å². The van der Waals surface area contributed by atoms with Crippen LogP contribution in [0.25, 0.3) is 0 Å². The Morgan fingerprint density at radius 3 is 1.64 bits per heavy atom. The van der Waals surface area contributed by atoms with E-state index >= 15 is 0 Å². The van der Waals surface area contributed by atoms with Gasteiger partial charge in [-0.1, -0.05) is 140 Å². The number of aliphatic hydroxyl groups is 2. The predicted octanol–water partition coefficient (Wildman–Crippen LogP) is 11.5. The summed E-state index contributed by atoms with van der Waals surface area (Å²) >= 11 is 0. The molecule has 0 radical (unpaired) electrons. The lowest BCUT2D eigenvalue weighted by molar-refractivity contribution is -0.135. The molecule has 0 unspecified atom stereocenters. The second-order valence-electron chi connectivity index (χ2n) is 13.6. The monoisotopic (exact) mass is 817 g/mol. The first-order chi connectivity index (χ1) is 27.6. The number of ether oxygens (including phenoxy) is 2. The summed E-state index contributed by atoms with van der Waals surface area (Å²) in [7, 11) is 1.58. The number of carboxylic acids is 2. The zero-order valence-corrected chi connectivity index (χ0v) is 37.6. The molecule has 4 N–H and O–H groups in total. The number of hydrogen-bond acceptors (Lipinski definition) is 8. The van der Waals surface area contributed by atoms with Crippen LogP contribution in [0.15, 0.2) is 66.8 Å². The molecule has 0 amide bonds. The number of unbranched alkanes of at least 4 members (excludes halogenated alkanes) is 10. The van der Waals surface area contributed by atoms with Crippen molar-refractivity contribution in [2.24, 2.45) is 0 Å². The third kappa shape index (κ3) is 46.1. The number of carboxylic acid groups (broad SMARTS) is 2. The minimum atomic E-state index is -0.833. The Labute approximate surface area is 351 Å². The van der Waals surface area contributed by atoms with Crippen LogP contribution in [0.4, 0.5) is 0 Å². The van der Waals surface area contributed by atoms with Gasteiger partial charge in [0.2, 0.25) is 0 Å². The number of ketones is 1. The van der Waals surface area contributed by atoms with Crippen LogP contribution in [0.1, 0.15) is 168 Å². The summed E-state index contributed by atoms with van der Waals surface area (Å²) in [5.41, 5.74) is 4.32. The molecule has 0 aliphatic rings. The first kappa shape index (κ1) is 60.4. The number of methoxy groups -OCH3 is 1. The zero-order valence-electron chi connectivity index (χ0n) is 37.6. The molecule has 0 saturated heterocycles. The highest BCUT2D eigenvalue weighted by Gasteiger charge is 2.15. The van der Waals surface area contributed by atoms with Gasteiger partial charge >= 0.3 is 5.97 Å². The Morgan fingerprint density at radius 2 is 1.22 bits per heavy atom. The standard InChI is InChI=1S/C19H20O3.C9H18O.C8H16O.C8H18O.2C2H4O2/c1-4-8-16-12-17(11-15-9-6-5-7-10-15)19(22-14(2)20)18(13-16)21-3;1-3-4-5-6-7-8-9(2)10;1-3-5-6-8(4-2)7-9;1-2-3-4-5-6-7-8-9;2*1-2(3)4/h4-7,9-10,12-13H,1,8,11H2,2-3H3;3-8H2,1-2H3;6,9H,3-5,7H2,1-2H3;9H,2-8H2,1H3;2*1H3,(H,3,4). The molecular formula is C48H80O10. The number of aliphatic hydroxyl groups excluding tert-OH is 2. The number of rotatable bonds is 22. The molecule has 58 heavy (non-hydrogen) atoms. The molecule has 2 aromatic carbocycles. The van der Waals surface area contributed by atoms with Crippen LogP contribution >= 0.6 is 0 Å². The highest BCUT2D eigenvalue weighted by atomic mass is 16.6. The van der Waals surface area contributed by atoms with Gasteiger partial charge in [0, 0.05) is 45.8 Å². The zero-order chi connectivity index (χ0) is 45.0. The highest BCUT2D eigenvalue weighted by Crippen LogP contribution is 2.35. The number of carbonyl (C=O) groups is 4. The van der Waals surface area contributed by atoms with E-state index in [4.69, 9.17) is 39.5 Å². The lowest BCUT2D eigenvalue weighted by atomic mass is 9.99. The molecule has 0 heterocycles. The summed E-state index contributed by atoms with van der Waals surface area (Å²) < 4.78 is 10.8. The van der Waals surface area contributed by atoms with Crippen molar-refractivity contribution in [1.82, 2.24) is 0 Å². The van der Waals surface area contributed by atoms with Crippen LogP contribution in [-0.4, -0.2) is 64.4 Å². The van der Waals surface area contributed by atoms with Crippen molar-refractivity contribution in [2.45, 2.75) is 165 Å². The van der Waals surface area contributed by atoms with E-state index < -0.39 is 11.9 Å². The minimum absolute atomic E-state index is 0.233. The average molecular weight is 817 g/mol. The molecule has 0 bridgehead atoms. The second kappa shape index (κ2) is 45.4. The van der Waals surface area contributed by atoms with Crippen LogP contribution in [-0.2, 0) is 32.0 Å². The molecule has 10 heteroatoms. The van der Waals surface area contributed by atoms with E-state index in [0.29, 0.717) is 30.3 Å². The Kier molecular flexibility index (Phi) is 47.3. The summed E-state index contributed by atoms with van der Waals surface area (Å²) in [5.74, 6) is -0.632. The lowest BCUT2D eigenvalue weighted by Gasteiger charge is -2.15. The van der Waals surface area contributed by atoms with Gasteiger partial charge in [0.25, 0.3) is 11.9 Å². The first-order valence-corrected chi connectivity index (χ1v) is 20.9. The number of esters is 1. The summed E-state index contributed by atoms with van der Waals surface area (Å²) in [6, 6.07) is 14.0. The maximum absolute atomic E-state index is 11.4. The Balaban J connectivity index is -0.000000341. The molecule has 2 rings (SSSR count). The van der Waals surface area contributed by atoms with Crippen LogP contribution in [0.3, 0.4) is 0 Å². The van der Waals surface area contributed by atoms with Gasteiger partial charge in [0.1, 0.15) is 5.78 Å². The number of benzene rings is 2. The summed E-state index contributed by atoms with van der Waals surface area (Å²) in [6.07, 6.45) is 23.1. The summed E-state index contributed by atoms with van der Waals surface area (Å²) in [4.78, 5) is 39.9. The smallest absolute Gasteiger partial charge is 0.308 e. The third-order valence-electron chi connectivity index (χ3n) is 7.80. The summed E-state index contributed by atoms with van der Waals surface area (Å²) in [5, 5.41) is 31.9. The number of hydrogen-bond donors (Lipinski definition) is 4. The molecule has 0 atom stereocenters. The fourth-order valence-electron chi connectivity index (χ4n) is 4.90. The van der Waals surface area contributed by atoms with E-state index in [2.05, 4.69) is 40.3 Å². The van der Waals surface area contributed by atoms with Crippen molar-refractivity contribution in [2.75, 3.05) is 20.3 Å². The van der Waals surface area contributed by atoms with Gasteiger partial charge in [0.05, 0.1) is 13.7 Å². The van der Waals surface area contributed by atoms with Crippen molar-refractivity contribution in [1.29, 1.82) is 0 Å². The van der Waals surface area contributed by atoms with E-state index in [1.54, 1.807) is 14.0 Å². The molecule has 2 aromatic rings. The number of allylic oxidation sites excluding steroid dienone is 2. The van der Waals surface area contributed by atoms with Crippen molar-refractivity contribution >= 4 is 23.7 Å². The van der Waals surface area contributed by atoms with Gasteiger partial charge in [-0.2, -0.15) is 0 Å². The highest BCUT2D eigenvalue weighted by molar-refractivity contribution is 5.75. The molecule has 0 spiro atoms. The number of aliphatic carboxylic acids is 2. The topological polar surface area (TPSA) is 168 Å². The SMILES string of the molecule is C=CCc1cc(Cc2ccccc2)c(OC(C)=O)c(OC)c1.CC(=O)O.CC(=O)O.CCCC=C(CC)CO.CCCCCCCC(C)=O.CCCCCCCCO. The van der Waals surface area contributed by atoms with Crippen molar-refractivity contribution in [3.05, 3.63) is 83.5 Å². The van der Waals surface area contributed by atoms with E-state index in [9.17, 15) is 9.59 Å². The Bertz CT molecular complexity index is 1300. The quantitative estimate of drug-likeness (QED) is 0.0388. The predicted molar refractivity (Wildman–Crippen MR) is 239 cm³/mol. The van der Waals surface area contributed by atoms with Crippen LogP contribution in [0, 0.1) is 0 Å². The average Bonchev–Trinajstić information content (AvgIpc) is 3.17. The molecule has 0 aromatic heterocycles. The molecule has 0 aliphatic heterocycles. The van der Waals surface area contributed by atoms with E-state index in [1.165, 1.54) is 71.1 Å². The number of Topliss-reactive ketones (excluding diaryl/α,β-unsaturated/α-hetero) is 1. The van der Waals surface area contributed by atoms with Crippen LogP contribution in [0.2, 0.25) is 0 Å². The number of carbonyl (C=O) groups excluding carboxylic acids is 2. The van der Waals surface area contributed by atoms with E-state index in [-0.39, 0.29) is 12.6 Å². The largest absolute Gasteiger partial charge is 0.493 e. The lowest BCUT2D eigenvalue weighted by Crippen LogP contribution is -2.07. The first-order valence-electron chi connectivity index (χ1n) is 20.9. The Morgan fingerprint density at radius 1 is 0.707 bits per heavy atom. The van der Waals surface area contributed by atoms with Crippen LogP contribution < -0.4 is 9.47 Å². The van der Waals surface area contributed by atoms with Gasteiger partial charge in [-0.15, -0.1) is 6.58 Å². The van der Waals surface area contributed by atoms with E-state index in [0.717, 1.165) is 74.6 Å². The second-order valence-corrected chi connectivity index (χ2v) is 13.6. The molecular weight excluding hydrogens is 737 g/mol. The fraction of sp³-hybridized carbons (Fsp3) is 0.583. The van der Waals surface area contributed by atoms with Gasteiger partial charge in [0.15, 0.2) is 11.5 Å². The minimum Gasteiger partial charge on any atom is -0.493 e. The van der Waals surface area contributed by atoms with Gasteiger partial charge in [-0.3, -0.25) is 14.4 Å². The molecule has 0 saturated carbocycles. The molecule has 0 aliphatic carbocycles. The molecule has 0 fully saturated rings. The van der Waals surface area contributed by atoms with Crippen molar-refractivity contribution in [3.8, 4) is 11.5 Å². The van der Waals surface area contributed by atoms with Crippen molar-refractivity contribution in [3.63, 3.8) is 0 Å². The molecule has 10 nitrogen and oxygen atoms in total. The van der Waals surface area contributed by atoms with Gasteiger partial charge < -0.3 is 34.7 Å². The van der Waals surface area contributed by atoms with Gasteiger partial charge in [-0.05, 0) is 61.8 Å². The molecule has 332 valence electrons. The maximum atomic E-state index is 11.4.